The zero-order valence-corrected chi connectivity index (χ0v) is 11.6. The summed E-state index contributed by atoms with van der Waals surface area (Å²) in [6.07, 6.45) is 8.22. The van der Waals surface area contributed by atoms with E-state index in [-0.39, 0.29) is 12.4 Å². The first kappa shape index (κ1) is 14.8. The lowest BCUT2D eigenvalue weighted by Gasteiger charge is -2.29. The molecule has 0 aromatic heterocycles. The number of rotatable bonds is 2. The quantitative estimate of drug-likeness (QED) is 0.826. The molecule has 1 atom stereocenters. The van der Waals surface area contributed by atoms with E-state index in [4.69, 9.17) is 0 Å². The molecule has 2 fully saturated rings. The zero-order chi connectivity index (χ0) is 11.4. The van der Waals surface area contributed by atoms with Crippen LogP contribution in [0, 0.1) is 5.92 Å². The second-order valence-corrected chi connectivity index (χ2v) is 5.27. The maximum absolute atomic E-state index is 12.3. The minimum absolute atomic E-state index is 0. The summed E-state index contributed by atoms with van der Waals surface area (Å²) < 4.78 is 0. The number of nitrogens with zero attached hydrogens (tertiary/aromatic N) is 1. The van der Waals surface area contributed by atoms with Crippen LogP contribution in [-0.4, -0.2) is 37.0 Å². The number of hydrogen-bond donors (Lipinski definition) is 1. The first-order valence-corrected chi connectivity index (χ1v) is 6.76. The van der Waals surface area contributed by atoms with Crippen LogP contribution in [-0.2, 0) is 4.79 Å². The highest BCUT2D eigenvalue weighted by Gasteiger charge is 2.29. The van der Waals surface area contributed by atoms with Gasteiger partial charge in [-0.3, -0.25) is 4.79 Å². The molecule has 0 bridgehead atoms. The van der Waals surface area contributed by atoms with Gasteiger partial charge in [-0.2, -0.15) is 0 Å². The van der Waals surface area contributed by atoms with Gasteiger partial charge in [-0.15, -0.1) is 12.4 Å². The molecule has 1 aliphatic carbocycles. The normalized spacial score (nSPS) is 26.1. The van der Waals surface area contributed by atoms with E-state index in [1.165, 1.54) is 25.7 Å². The molecule has 0 aromatic rings. The molecular weight excluding hydrogens is 236 g/mol. The van der Waals surface area contributed by atoms with Crippen molar-refractivity contribution in [2.24, 2.45) is 5.92 Å². The highest BCUT2D eigenvalue weighted by molar-refractivity contribution is 5.85. The Labute approximate surface area is 111 Å². The van der Waals surface area contributed by atoms with Gasteiger partial charge >= 0.3 is 0 Å². The molecule has 0 radical (unpaired) electrons. The number of halogens is 1. The van der Waals surface area contributed by atoms with E-state index >= 15 is 0 Å². The SMILES string of the molecule is CN(C(=O)C1CCCC1)C1CCCNCC1.Cl. The van der Waals surface area contributed by atoms with E-state index in [1.54, 1.807) is 0 Å². The third kappa shape index (κ3) is 3.85. The Morgan fingerprint density at radius 3 is 2.47 bits per heavy atom. The van der Waals surface area contributed by atoms with Gasteiger partial charge in [0.05, 0.1) is 0 Å². The predicted molar refractivity (Wildman–Crippen MR) is 72.5 cm³/mol. The lowest BCUT2D eigenvalue weighted by atomic mass is 10.0. The third-order valence-corrected chi connectivity index (χ3v) is 4.15. The molecule has 2 aliphatic rings. The van der Waals surface area contributed by atoms with Crippen LogP contribution in [0.2, 0.25) is 0 Å². The summed E-state index contributed by atoms with van der Waals surface area (Å²) in [5.74, 6) is 0.741. The molecule has 1 amide bonds. The minimum Gasteiger partial charge on any atom is -0.342 e. The van der Waals surface area contributed by atoms with Gasteiger partial charge in [0.2, 0.25) is 5.91 Å². The third-order valence-electron chi connectivity index (χ3n) is 4.15. The van der Waals surface area contributed by atoms with Crippen LogP contribution in [0.4, 0.5) is 0 Å². The first-order chi connectivity index (χ1) is 7.79. The van der Waals surface area contributed by atoms with Crippen LogP contribution in [0.15, 0.2) is 0 Å². The van der Waals surface area contributed by atoms with E-state index in [0.29, 0.717) is 17.9 Å². The highest BCUT2D eigenvalue weighted by atomic mass is 35.5. The Morgan fingerprint density at radius 2 is 1.76 bits per heavy atom. The maximum atomic E-state index is 12.3. The molecule has 17 heavy (non-hydrogen) atoms. The highest BCUT2D eigenvalue weighted by Crippen LogP contribution is 2.27. The second-order valence-electron chi connectivity index (χ2n) is 5.27. The van der Waals surface area contributed by atoms with Crippen LogP contribution in [0.25, 0.3) is 0 Å². The lowest BCUT2D eigenvalue weighted by molar-refractivity contribution is -0.136. The molecule has 0 aromatic carbocycles. The smallest absolute Gasteiger partial charge is 0.225 e. The topological polar surface area (TPSA) is 32.3 Å². The molecule has 1 aliphatic heterocycles. The van der Waals surface area contributed by atoms with Crippen molar-refractivity contribution in [2.45, 2.75) is 51.0 Å². The summed E-state index contributed by atoms with van der Waals surface area (Å²) >= 11 is 0. The molecule has 1 heterocycles. The summed E-state index contributed by atoms with van der Waals surface area (Å²) in [6, 6.07) is 0.475. The number of hydrogen-bond acceptors (Lipinski definition) is 2. The van der Waals surface area contributed by atoms with E-state index in [0.717, 1.165) is 32.4 Å². The van der Waals surface area contributed by atoms with Crippen molar-refractivity contribution in [1.82, 2.24) is 10.2 Å². The number of nitrogens with one attached hydrogen (secondary N) is 1. The fourth-order valence-electron chi connectivity index (χ4n) is 3.03. The van der Waals surface area contributed by atoms with Gasteiger partial charge < -0.3 is 10.2 Å². The Balaban J connectivity index is 0.00000144. The molecular formula is C13H25ClN2O. The molecule has 1 saturated carbocycles. The van der Waals surface area contributed by atoms with E-state index in [9.17, 15) is 4.79 Å². The summed E-state index contributed by atoms with van der Waals surface area (Å²) in [4.78, 5) is 14.3. The Hall–Kier alpha value is -0.280. The van der Waals surface area contributed by atoms with Crippen molar-refractivity contribution in [3.63, 3.8) is 0 Å². The second kappa shape index (κ2) is 7.22. The Kier molecular flexibility index (Phi) is 6.28. The van der Waals surface area contributed by atoms with Gasteiger partial charge in [0, 0.05) is 19.0 Å². The van der Waals surface area contributed by atoms with Crippen LogP contribution < -0.4 is 5.32 Å². The van der Waals surface area contributed by atoms with Gasteiger partial charge in [-0.25, -0.2) is 0 Å². The van der Waals surface area contributed by atoms with Crippen molar-refractivity contribution >= 4 is 18.3 Å². The van der Waals surface area contributed by atoms with Gasteiger partial charge in [-0.1, -0.05) is 12.8 Å². The van der Waals surface area contributed by atoms with Crippen LogP contribution in [0.3, 0.4) is 0 Å². The molecule has 3 nitrogen and oxygen atoms in total. The monoisotopic (exact) mass is 260 g/mol. The van der Waals surface area contributed by atoms with Gasteiger partial charge in [0.15, 0.2) is 0 Å². The first-order valence-electron chi connectivity index (χ1n) is 6.76. The molecule has 1 N–H and O–H groups in total. The summed E-state index contributed by atoms with van der Waals surface area (Å²) in [6.45, 7) is 2.18. The van der Waals surface area contributed by atoms with Crippen molar-refractivity contribution in [3.8, 4) is 0 Å². The molecule has 100 valence electrons. The number of amides is 1. The maximum Gasteiger partial charge on any atom is 0.225 e. The van der Waals surface area contributed by atoms with Crippen molar-refractivity contribution < 1.29 is 4.79 Å². The average Bonchev–Trinajstić information content (AvgIpc) is 2.70. The van der Waals surface area contributed by atoms with Crippen molar-refractivity contribution in [2.75, 3.05) is 20.1 Å². The largest absolute Gasteiger partial charge is 0.342 e. The van der Waals surface area contributed by atoms with E-state index in [2.05, 4.69) is 5.32 Å². The lowest BCUT2D eigenvalue weighted by Crippen LogP contribution is -2.40. The number of carbonyl (C=O) groups excluding carboxylic acids is 1. The van der Waals surface area contributed by atoms with E-state index < -0.39 is 0 Å². The summed E-state index contributed by atoms with van der Waals surface area (Å²) in [5, 5.41) is 3.40. The van der Waals surface area contributed by atoms with Crippen molar-refractivity contribution in [3.05, 3.63) is 0 Å². The Morgan fingerprint density at radius 1 is 1.06 bits per heavy atom. The average molecular weight is 261 g/mol. The molecule has 1 unspecified atom stereocenters. The molecule has 2 rings (SSSR count). The Bertz CT molecular complexity index is 234. The van der Waals surface area contributed by atoms with Gasteiger partial charge in [0.1, 0.15) is 0 Å². The fraction of sp³-hybridized carbons (Fsp3) is 0.923. The van der Waals surface area contributed by atoms with Crippen LogP contribution >= 0.6 is 12.4 Å². The molecule has 4 heteroatoms. The van der Waals surface area contributed by atoms with Crippen molar-refractivity contribution in [1.29, 1.82) is 0 Å². The zero-order valence-electron chi connectivity index (χ0n) is 10.8. The van der Waals surface area contributed by atoms with Gasteiger partial charge in [-0.05, 0) is 45.2 Å². The van der Waals surface area contributed by atoms with Gasteiger partial charge in [0.25, 0.3) is 0 Å². The fourth-order valence-corrected chi connectivity index (χ4v) is 3.03. The molecule has 1 saturated heterocycles. The number of carbonyl (C=O) groups is 1. The summed E-state index contributed by atoms with van der Waals surface area (Å²) in [5.41, 5.74) is 0. The molecule has 0 spiro atoms. The van der Waals surface area contributed by atoms with Crippen LogP contribution in [0.1, 0.15) is 44.9 Å². The minimum atomic E-state index is 0. The predicted octanol–water partition coefficient (Wildman–Crippen LogP) is 2.20. The standard InChI is InChI=1S/C13H24N2O.ClH/c1-15(12-7-4-9-14-10-8-12)13(16)11-5-2-3-6-11;/h11-12,14H,2-10H2,1H3;1H. The van der Waals surface area contributed by atoms with Crippen LogP contribution in [0.5, 0.6) is 0 Å². The summed E-state index contributed by atoms with van der Waals surface area (Å²) in [7, 11) is 2.01. The van der Waals surface area contributed by atoms with E-state index in [1.807, 2.05) is 11.9 Å².